The summed E-state index contributed by atoms with van der Waals surface area (Å²) in [6.45, 7) is 0.482. The molecule has 6 heteroatoms. The molecular formula is C21H22ClN3O2. The molecule has 0 aliphatic rings. The minimum absolute atomic E-state index is 0.0212. The van der Waals surface area contributed by atoms with E-state index in [-0.39, 0.29) is 24.0 Å². The molecule has 1 heterocycles. The van der Waals surface area contributed by atoms with Crippen LogP contribution in [0.4, 0.5) is 0 Å². The van der Waals surface area contributed by atoms with E-state index >= 15 is 0 Å². The molecule has 0 unspecified atom stereocenters. The van der Waals surface area contributed by atoms with E-state index in [1.807, 2.05) is 43.6 Å². The molecule has 0 radical (unpaired) electrons. The minimum atomic E-state index is -0.284. The number of aryl methyl sites for hydroxylation is 1. The zero-order valence-electron chi connectivity index (χ0n) is 15.3. The molecule has 3 rings (SSSR count). The van der Waals surface area contributed by atoms with Crippen LogP contribution in [0.3, 0.4) is 0 Å². The first-order chi connectivity index (χ1) is 12.9. The fourth-order valence-electron chi connectivity index (χ4n) is 3.16. The summed E-state index contributed by atoms with van der Waals surface area (Å²) in [6, 6.07) is 14.5. The molecule has 0 spiro atoms. The summed E-state index contributed by atoms with van der Waals surface area (Å²) in [5, 5.41) is 15.1. The lowest BCUT2D eigenvalue weighted by Gasteiger charge is -2.23. The summed E-state index contributed by atoms with van der Waals surface area (Å²) < 4.78 is 1.71. The standard InChI is InChI=1S/C21H22ClN3O2/c1-24(13-15-12-23-25(2)14-15)21(27)11-19(16-6-5-7-17(22)10-16)18-8-3-4-9-20(18)26/h3-10,12,14,19,26H,11,13H2,1-2H3/t19-/m1/s1. The van der Waals surface area contributed by atoms with E-state index in [1.165, 1.54) is 0 Å². The quantitative estimate of drug-likeness (QED) is 0.700. The van der Waals surface area contributed by atoms with Gasteiger partial charge in [-0.2, -0.15) is 5.10 Å². The molecule has 1 N–H and O–H groups in total. The van der Waals surface area contributed by atoms with Crippen LogP contribution in [0.1, 0.15) is 29.0 Å². The number of amides is 1. The van der Waals surface area contributed by atoms with E-state index in [4.69, 9.17) is 11.6 Å². The van der Waals surface area contributed by atoms with E-state index in [0.29, 0.717) is 17.1 Å². The molecule has 0 aliphatic carbocycles. The third-order valence-electron chi connectivity index (χ3n) is 4.55. The number of nitrogens with zero attached hydrogens (tertiary/aromatic N) is 3. The highest BCUT2D eigenvalue weighted by Gasteiger charge is 2.23. The molecular weight excluding hydrogens is 362 g/mol. The first-order valence-corrected chi connectivity index (χ1v) is 9.06. The highest BCUT2D eigenvalue weighted by molar-refractivity contribution is 6.30. The molecule has 0 fully saturated rings. The van der Waals surface area contributed by atoms with Crippen LogP contribution in [-0.2, 0) is 18.4 Å². The van der Waals surface area contributed by atoms with Crippen molar-refractivity contribution in [2.45, 2.75) is 18.9 Å². The number of para-hydroxylation sites is 1. The first-order valence-electron chi connectivity index (χ1n) is 8.69. The molecule has 1 amide bonds. The van der Waals surface area contributed by atoms with Crippen molar-refractivity contribution in [1.82, 2.24) is 14.7 Å². The Labute approximate surface area is 163 Å². The molecule has 5 nitrogen and oxygen atoms in total. The Morgan fingerprint density at radius 1 is 1.26 bits per heavy atom. The second-order valence-electron chi connectivity index (χ2n) is 6.64. The summed E-state index contributed by atoms with van der Waals surface area (Å²) in [5.74, 6) is -0.133. The van der Waals surface area contributed by atoms with Gasteiger partial charge in [-0.15, -0.1) is 0 Å². The number of aromatic nitrogens is 2. The maximum absolute atomic E-state index is 12.9. The normalized spacial score (nSPS) is 12.0. The predicted octanol–water partition coefficient (Wildman–Crippen LogP) is 3.96. The topological polar surface area (TPSA) is 58.4 Å². The van der Waals surface area contributed by atoms with Gasteiger partial charge < -0.3 is 10.0 Å². The summed E-state index contributed by atoms with van der Waals surface area (Å²) >= 11 is 6.16. The van der Waals surface area contributed by atoms with Crippen molar-refractivity contribution in [2.75, 3.05) is 7.05 Å². The zero-order chi connectivity index (χ0) is 19.4. The molecule has 0 saturated carbocycles. The van der Waals surface area contributed by atoms with E-state index in [2.05, 4.69) is 5.10 Å². The predicted molar refractivity (Wildman–Crippen MR) is 106 cm³/mol. The van der Waals surface area contributed by atoms with Crippen LogP contribution >= 0.6 is 11.6 Å². The molecule has 3 aromatic rings. The maximum atomic E-state index is 12.9. The van der Waals surface area contributed by atoms with Crippen LogP contribution < -0.4 is 0 Å². The lowest BCUT2D eigenvalue weighted by molar-refractivity contribution is -0.130. The van der Waals surface area contributed by atoms with Gasteiger partial charge in [0.25, 0.3) is 0 Å². The third-order valence-corrected chi connectivity index (χ3v) is 4.78. The lowest BCUT2D eigenvalue weighted by Crippen LogP contribution is -2.27. The van der Waals surface area contributed by atoms with Crippen molar-refractivity contribution < 1.29 is 9.90 Å². The number of phenolic OH excluding ortho intramolecular Hbond substituents is 1. The maximum Gasteiger partial charge on any atom is 0.223 e. The van der Waals surface area contributed by atoms with E-state index in [0.717, 1.165) is 11.1 Å². The molecule has 0 aliphatic heterocycles. The van der Waals surface area contributed by atoms with Gasteiger partial charge in [-0.3, -0.25) is 9.48 Å². The van der Waals surface area contributed by atoms with Crippen molar-refractivity contribution in [3.05, 3.63) is 82.6 Å². The summed E-state index contributed by atoms with van der Waals surface area (Å²) in [7, 11) is 3.62. The lowest BCUT2D eigenvalue weighted by atomic mass is 9.87. The van der Waals surface area contributed by atoms with Crippen LogP contribution in [0.5, 0.6) is 5.75 Å². The second kappa shape index (κ2) is 8.27. The Hall–Kier alpha value is -2.79. The summed E-state index contributed by atoms with van der Waals surface area (Å²) in [4.78, 5) is 14.6. The van der Waals surface area contributed by atoms with Gasteiger partial charge in [0.2, 0.25) is 5.91 Å². The number of carbonyl (C=O) groups excluding carboxylic acids is 1. The first kappa shape index (κ1) is 19.0. The summed E-state index contributed by atoms with van der Waals surface area (Å²) in [5.41, 5.74) is 2.57. The largest absolute Gasteiger partial charge is 0.508 e. The van der Waals surface area contributed by atoms with Crippen LogP contribution in [0.25, 0.3) is 0 Å². The minimum Gasteiger partial charge on any atom is -0.508 e. The average Bonchev–Trinajstić information content (AvgIpc) is 3.05. The van der Waals surface area contributed by atoms with Crippen molar-refractivity contribution in [1.29, 1.82) is 0 Å². The second-order valence-corrected chi connectivity index (χ2v) is 7.08. The summed E-state index contributed by atoms with van der Waals surface area (Å²) in [6.07, 6.45) is 3.87. The Morgan fingerprint density at radius 3 is 2.70 bits per heavy atom. The number of halogens is 1. The Balaban J connectivity index is 1.85. The third kappa shape index (κ3) is 4.68. The molecule has 140 valence electrons. The number of hydrogen-bond donors (Lipinski definition) is 1. The number of carbonyl (C=O) groups is 1. The number of benzene rings is 2. The monoisotopic (exact) mass is 383 g/mol. The van der Waals surface area contributed by atoms with E-state index < -0.39 is 0 Å². The number of rotatable bonds is 6. The number of aromatic hydroxyl groups is 1. The molecule has 27 heavy (non-hydrogen) atoms. The van der Waals surface area contributed by atoms with Crippen LogP contribution in [-0.4, -0.2) is 32.7 Å². The van der Waals surface area contributed by atoms with Gasteiger partial charge in [-0.05, 0) is 23.8 Å². The van der Waals surface area contributed by atoms with Crippen LogP contribution in [0.15, 0.2) is 60.9 Å². The molecule has 1 atom stereocenters. The zero-order valence-corrected chi connectivity index (χ0v) is 16.1. The van der Waals surface area contributed by atoms with Gasteiger partial charge in [0.15, 0.2) is 0 Å². The van der Waals surface area contributed by atoms with Crippen LogP contribution in [0, 0.1) is 0 Å². The molecule has 0 saturated heterocycles. The Morgan fingerprint density at radius 2 is 2.04 bits per heavy atom. The average molecular weight is 384 g/mol. The fraction of sp³-hybridized carbons (Fsp3) is 0.238. The molecule has 2 aromatic carbocycles. The van der Waals surface area contributed by atoms with Crippen molar-refractivity contribution >= 4 is 17.5 Å². The van der Waals surface area contributed by atoms with Gasteiger partial charge in [0, 0.05) is 55.3 Å². The van der Waals surface area contributed by atoms with Crippen molar-refractivity contribution in [3.8, 4) is 5.75 Å². The number of hydrogen-bond acceptors (Lipinski definition) is 3. The highest BCUT2D eigenvalue weighted by atomic mass is 35.5. The van der Waals surface area contributed by atoms with Gasteiger partial charge in [-0.1, -0.05) is 41.9 Å². The molecule has 1 aromatic heterocycles. The fourth-order valence-corrected chi connectivity index (χ4v) is 3.36. The van der Waals surface area contributed by atoms with E-state index in [9.17, 15) is 9.90 Å². The number of phenols is 1. The Bertz CT molecular complexity index is 938. The van der Waals surface area contributed by atoms with E-state index in [1.54, 1.807) is 41.0 Å². The Kier molecular flexibility index (Phi) is 5.81. The van der Waals surface area contributed by atoms with Crippen molar-refractivity contribution in [3.63, 3.8) is 0 Å². The van der Waals surface area contributed by atoms with Gasteiger partial charge >= 0.3 is 0 Å². The molecule has 0 bridgehead atoms. The van der Waals surface area contributed by atoms with Crippen LogP contribution in [0.2, 0.25) is 5.02 Å². The van der Waals surface area contributed by atoms with Gasteiger partial charge in [0.1, 0.15) is 5.75 Å². The SMILES string of the molecule is CN(Cc1cnn(C)c1)C(=O)C[C@H](c1cccc(Cl)c1)c1ccccc1O. The smallest absolute Gasteiger partial charge is 0.223 e. The van der Waals surface area contributed by atoms with Gasteiger partial charge in [0.05, 0.1) is 6.20 Å². The highest BCUT2D eigenvalue weighted by Crippen LogP contribution is 2.35. The van der Waals surface area contributed by atoms with Gasteiger partial charge in [-0.25, -0.2) is 0 Å². The van der Waals surface area contributed by atoms with Crippen molar-refractivity contribution in [2.24, 2.45) is 7.05 Å².